The molecule has 1 aliphatic carbocycles. The summed E-state index contributed by atoms with van der Waals surface area (Å²) in [5, 5.41) is 11.2. The van der Waals surface area contributed by atoms with E-state index in [4.69, 9.17) is 5.26 Å². The zero-order valence-corrected chi connectivity index (χ0v) is 11.5. The first-order chi connectivity index (χ1) is 9.76. The number of amides is 1. The van der Waals surface area contributed by atoms with Gasteiger partial charge in [0, 0.05) is 19.4 Å². The van der Waals surface area contributed by atoms with Crippen molar-refractivity contribution in [2.75, 3.05) is 0 Å². The van der Waals surface area contributed by atoms with Crippen LogP contribution in [-0.4, -0.2) is 11.8 Å². The third kappa shape index (κ3) is 3.35. The van der Waals surface area contributed by atoms with E-state index in [2.05, 4.69) is 5.32 Å². The summed E-state index contributed by atoms with van der Waals surface area (Å²) in [4.78, 5) is 12.0. The molecule has 0 bridgehead atoms. The quantitative estimate of drug-likeness (QED) is 0.931. The van der Waals surface area contributed by atoms with Gasteiger partial charge in [0.1, 0.15) is 11.9 Å². The van der Waals surface area contributed by atoms with E-state index >= 15 is 0 Å². The molecule has 0 saturated heterocycles. The van der Waals surface area contributed by atoms with Crippen LogP contribution < -0.4 is 5.32 Å². The maximum atomic E-state index is 13.4. The lowest BCUT2D eigenvalue weighted by atomic mass is 9.87. The van der Waals surface area contributed by atoms with E-state index < -0.39 is 29.5 Å². The van der Waals surface area contributed by atoms with E-state index in [1.54, 1.807) is 6.07 Å². The van der Waals surface area contributed by atoms with Crippen LogP contribution in [0.25, 0.3) is 0 Å². The molecule has 1 N–H and O–H groups in total. The van der Waals surface area contributed by atoms with Crippen molar-refractivity contribution in [3.8, 4) is 6.07 Å². The van der Waals surface area contributed by atoms with E-state index in [1.807, 2.05) is 0 Å². The Labute approximate surface area is 120 Å². The number of carbonyl (C=O) groups is 1. The molecule has 1 saturated carbocycles. The van der Waals surface area contributed by atoms with Crippen molar-refractivity contribution in [3.05, 3.63) is 35.1 Å². The summed E-state index contributed by atoms with van der Waals surface area (Å²) in [6, 6.07) is 5.70. The molecule has 1 unspecified atom stereocenters. The Morgan fingerprint density at radius 2 is 2.14 bits per heavy atom. The van der Waals surface area contributed by atoms with Gasteiger partial charge in [0.25, 0.3) is 0 Å². The lowest BCUT2D eigenvalue weighted by Crippen LogP contribution is -2.37. The van der Waals surface area contributed by atoms with Crippen LogP contribution in [0.15, 0.2) is 18.2 Å². The molecule has 0 aromatic heterocycles. The molecule has 1 aliphatic rings. The average Bonchev–Trinajstić information content (AvgIpc) is 2.71. The molecule has 0 heterocycles. The number of carbonyl (C=O) groups excluding carboxylic acids is 1. The number of alkyl halides is 2. The van der Waals surface area contributed by atoms with Gasteiger partial charge in [-0.1, -0.05) is 13.0 Å². The molecule has 1 aromatic carbocycles. The summed E-state index contributed by atoms with van der Waals surface area (Å²) in [5.74, 6) is -3.92. The minimum Gasteiger partial charge on any atom is -0.352 e. The zero-order chi connectivity index (χ0) is 15.7. The van der Waals surface area contributed by atoms with Crippen LogP contribution in [0.4, 0.5) is 13.2 Å². The normalized spacial score (nSPS) is 23.6. The Kier molecular flexibility index (Phi) is 3.95. The van der Waals surface area contributed by atoms with Crippen molar-refractivity contribution in [2.24, 2.45) is 5.41 Å². The number of halogens is 3. The minimum atomic E-state index is -2.80. The predicted octanol–water partition coefficient (Wildman–Crippen LogP) is 3.14. The minimum absolute atomic E-state index is 0.0443. The van der Waals surface area contributed by atoms with Crippen LogP contribution >= 0.6 is 0 Å². The SMILES string of the molecule is CC1(C(=O)NCc2ccc(C#N)c(F)c2)CCC(F)(F)C1. The Morgan fingerprint density at radius 3 is 2.67 bits per heavy atom. The Bertz CT molecular complexity index is 609. The summed E-state index contributed by atoms with van der Waals surface area (Å²) >= 11 is 0. The Morgan fingerprint density at radius 1 is 1.43 bits per heavy atom. The largest absolute Gasteiger partial charge is 0.352 e. The van der Waals surface area contributed by atoms with Crippen molar-refractivity contribution < 1.29 is 18.0 Å². The van der Waals surface area contributed by atoms with Gasteiger partial charge < -0.3 is 5.32 Å². The van der Waals surface area contributed by atoms with Gasteiger partial charge >= 0.3 is 0 Å². The van der Waals surface area contributed by atoms with E-state index in [0.29, 0.717) is 5.56 Å². The summed E-state index contributed by atoms with van der Waals surface area (Å²) < 4.78 is 39.9. The van der Waals surface area contributed by atoms with Gasteiger partial charge in [-0.15, -0.1) is 0 Å². The second kappa shape index (κ2) is 5.40. The van der Waals surface area contributed by atoms with Crippen LogP contribution in [0.5, 0.6) is 0 Å². The number of benzene rings is 1. The number of nitriles is 1. The zero-order valence-electron chi connectivity index (χ0n) is 11.5. The Balaban J connectivity index is 1.99. The summed E-state index contributed by atoms with van der Waals surface area (Å²) in [6.45, 7) is 1.56. The molecular formula is C15H15F3N2O. The van der Waals surface area contributed by atoms with Crippen molar-refractivity contribution in [1.82, 2.24) is 5.32 Å². The highest BCUT2D eigenvalue weighted by atomic mass is 19.3. The van der Waals surface area contributed by atoms with Crippen molar-refractivity contribution in [3.63, 3.8) is 0 Å². The molecule has 0 radical (unpaired) electrons. The lowest BCUT2D eigenvalue weighted by molar-refractivity contribution is -0.131. The fourth-order valence-corrected chi connectivity index (χ4v) is 2.56. The number of rotatable bonds is 3. The summed E-state index contributed by atoms with van der Waals surface area (Å²) in [7, 11) is 0. The second-order valence-electron chi connectivity index (χ2n) is 5.70. The van der Waals surface area contributed by atoms with E-state index in [1.165, 1.54) is 19.1 Å². The van der Waals surface area contributed by atoms with Crippen molar-refractivity contribution in [2.45, 2.75) is 38.7 Å². The predicted molar refractivity (Wildman–Crippen MR) is 69.9 cm³/mol. The number of nitrogens with zero attached hydrogens (tertiary/aromatic N) is 1. The molecule has 1 aromatic rings. The monoisotopic (exact) mass is 296 g/mol. The van der Waals surface area contributed by atoms with Gasteiger partial charge in [-0.2, -0.15) is 5.26 Å². The smallest absolute Gasteiger partial charge is 0.249 e. The first-order valence-corrected chi connectivity index (χ1v) is 6.60. The highest BCUT2D eigenvalue weighted by Crippen LogP contribution is 2.47. The summed E-state index contributed by atoms with van der Waals surface area (Å²) in [6.07, 6.45) is -0.621. The third-order valence-electron chi connectivity index (χ3n) is 3.85. The van der Waals surface area contributed by atoms with Crippen LogP contribution in [-0.2, 0) is 11.3 Å². The first-order valence-electron chi connectivity index (χ1n) is 6.60. The third-order valence-corrected chi connectivity index (χ3v) is 3.85. The van der Waals surface area contributed by atoms with Gasteiger partial charge in [0.2, 0.25) is 11.8 Å². The van der Waals surface area contributed by atoms with E-state index in [0.717, 1.165) is 6.07 Å². The van der Waals surface area contributed by atoms with Crippen LogP contribution in [0.3, 0.4) is 0 Å². The van der Waals surface area contributed by atoms with Gasteiger partial charge in [-0.3, -0.25) is 4.79 Å². The number of nitrogens with one attached hydrogen (secondary N) is 1. The molecule has 6 heteroatoms. The molecule has 1 amide bonds. The van der Waals surface area contributed by atoms with Gasteiger partial charge in [0.15, 0.2) is 0 Å². The maximum absolute atomic E-state index is 13.4. The number of hydrogen-bond acceptors (Lipinski definition) is 2. The Hall–Kier alpha value is -2.03. The van der Waals surface area contributed by atoms with E-state index in [9.17, 15) is 18.0 Å². The molecule has 112 valence electrons. The molecule has 1 atom stereocenters. The fraction of sp³-hybridized carbons (Fsp3) is 0.467. The summed E-state index contributed by atoms with van der Waals surface area (Å²) in [5.41, 5.74) is -0.685. The lowest BCUT2D eigenvalue weighted by Gasteiger charge is -2.22. The molecule has 1 fully saturated rings. The molecule has 2 rings (SSSR count). The fourth-order valence-electron chi connectivity index (χ4n) is 2.56. The number of hydrogen-bond donors (Lipinski definition) is 1. The van der Waals surface area contributed by atoms with E-state index in [-0.39, 0.29) is 24.9 Å². The topological polar surface area (TPSA) is 52.9 Å². The second-order valence-corrected chi connectivity index (χ2v) is 5.70. The highest BCUT2D eigenvalue weighted by molar-refractivity contribution is 5.82. The maximum Gasteiger partial charge on any atom is 0.249 e. The average molecular weight is 296 g/mol. The molecule has 0 spiro atoms. The molecule has 0 aliphatic heterocycles. The van der Waals surface area contributed by atoms with Gasteiger partial charge in [-0.25, -0.2) is 13.2 Å². The molecule has 21 heavy (non-hydrogen) atoms. The van der Waals surface area contributed by atoms with Crippen molar-refractivity contribution >= 4 is 5.91 Å². The van der Waals surface area contributed by atoms with Crippen LogP contribution in [0, 0.1) is 22.6 Å². The van der Waals surface area contributed by atoms with Crippen LogP contribution in [0.1, 0.15) is 37.3 Å². The van der Waals surface area contributed by atoms with Gasteiger partial charge in [0.05, 0.1) is 11.0 Å². The first kappa shape index (κ1) is 15.4. The van der Waals surface area contributed by atoms with Crippen LogP contribution in [0.2, 0.25) is 0 Å². The molecule has 3 nitrogen and oxygen atoms in total. The highest BCUT2D eigenvalue weighted by Gasteiger charge is 2.50. The van der Waals surface area contributed by atoms with Gasteiger partial charge in [-0.05, 0) is 24.1 Å². The molecular weight excluding hydrogens is 281 g/mol. The standard InChI is InChI=1S/C15H15F3N2O/c1-14(4-5-15(17,18)9-14)13(21)20-8-10-2-3-11(7-19)12(16)6-10/h2-3,6H,4-5,8-9H2,1H3,(H,20,21). The van der Waals surface area contributed by atoms with Crippen molar-refractivity contribution in [1.29, 1.82) is 5.26 Å².